The average molecular weight is 188 g/mol. The fraction of sp³-hybridized carbons (Fsp3) is 0.300. The number of hydrogen-bond donors (Lipinski definition) is 0. The highest BCUT2D eigenvalue weighted by Crippen LogP contribution is 2.12. The SMILES string of the molecule is CC(C)c1cn(-c2ccncn2)cn1. The van der Waals surface area contributed by atoms with E-state index in [9.17, 15) is 0 Å². The molecular formula is C10H12N4. The molecular weight excluding hydrogens is 176 g/mol. The minimum Gasteiger partial charge on any atom is -0.290 e. The van der Waals surface area contributed by atoms with E-state index in [2.05, 4.69) is 28.8 Å². The fourth-order valence-electron chi connectivity index (χ4n) is 1.20. The van der Waals surface area contributed by atoms with Crippen molar-refractivity contribution in [3.05, 3.63) is 36.8 Å². The molecule has 0 radical (unpaired) electrons. The Morgan fingerprint density at radius 1 is 1.29 bits per heavy atom. The van der Waals surface area contributed by atoms with E-state index in [1.807, 2.05) is 16.8 Å². The van der Waals surface area contributed by atoms with Crippen LogP contribution in [0, 0.1) is 0 Å². The smallest absolute Gasteiger partial charge is 0.141 e. The molecule has 0 saturated heterocycles. The third kappa shape index (κ3) is 1.64. The maximum Gasteiger partial charge on any atom is 0.141 e. The molecule has 2 heterocycles. The minimum atomic E-state index is 0.443. The molecule has 72 valence electrons. The van der Waals surface area contributed by atoms with Crippen LogP contribution >= 0.6 is 0 Å². The van der Waals surface area contributed by atoms with Crippen LogP contribution < -0.4 is 0 Å². The van der Waals surface area contributed by atoms with Gasteiger partial charge in [0.1, 0.15) is 18.5 Å². The summed E-state index contributed by atoms with van der Waals surface area (Å²) in [6, 6.07) is 1.85. The summed E-state index contributed by atoms with van der Waals surface area (Å²) in [6.45, 7) is 4.24. The van der Waals surface area contributed by atoms with Crippen molar-refractivity contribution in [1.29, 1.82) is 0 Å². The first-order chi connectivity index (χ1) is 6.77. The van der Waals surface area contributed by atoms with Gasteiger partial charge in [0.2, 0.25) is 0 Å². The number of nitrogens with zero attached hydrogens (tertiary/aromatic N) is 4. The second kappa shape index (κ2) is 3.57. The molecule has 2 aromatic rings. The molecule has 4 heteroatoms. The molecule has 0 spiro atoms. The summed E-state index contributed by atoms with van der Waals surface area (Å²) in [5.74, 6) is 1.29. The molecule has 2 aromatic heterocycles. The van der Waals surface area contributed by atoms with Gasteiger partial charge in [-0.15, -0.1) is 0 Å². The molecule has 0 saturated carbocycles. The van der Waals surface area contributed by atoms with Gasteiger partial charge >= 0.3 is 0 Å². The van der Waals surface area contributed by atoms with Crippen molar-refractivity contribution in [3.63, 3.8) is 0 Å². The van der Waals surface area contributed by atoms with Crippen LogP contribution in [0.1, 0.15) is 25.5 Å². The predicted molar refractivity (Wildman–Crippen MR) is 53.2 cm³/mol. The van der Waals surface area contributed by atoms with Gasteiger partial charge in [0.15, 0.2) is 0 Å². The Hall–Kier alpha value is -1.71. The highest BCUT2D eigenvalue weighted by atomic mass is 15.1. The molecule has 0 aliphatic carbocycles. The first-order valence-electron chi connectivity index (χ1n) is 4.57. The van der Waals surface area contributed by atoms with E-state index in [4.69, 9.17) is 0 Å². The molecule has 0 aliphatic rings. The van der Waals surface area contributed by atoms with Gasteiger partial charge < -0.3 is 0 Å². The van der Waals surface area contributed by atoms with E-state index in [1.54, 1.807) is 12.5 Å². The van der Waals surface area contributed by atoms with Gasteiger partial charge in [0.05, 0.1) is 5.69 Å². The first kappa shape index (κ1) is 8.87. The molecule has 0 N–H and O–H groups in total. The number of aromatic nitrogens is 4. The minimum absolute atomic E-state index is 0.443. The van der Waals surface area contributed by atoms with Crippen LogP contribution in [0.3, 0.4) is 0 Å². The van der Waals surface area contributed by atoms with Gasteiger partial charge in [0.25, 0.3) is 0 Å². The Bertz CT molecular complexity index is 405. The summed E-state index contributed by atoms with van der Waals surface area (Å²) in [7, 11) is 0. The molecule has 0 amide bonds. The normalized spacial score (nSPS) is 10.8. The van der Waals surface area contributed by atoms with Crippen LogP contribution in [0.5, 0.6) is 0 Å². The Kier molecular flexibility index (Phi) is 2.26. The third-order valence-electron chi connectivity index (χ3n) is 2.02. The van der Waals surface area contributed by atoms with Crippen LogP contribution in [0.15, 0.2) is 31.1 Å². The fourth-order valence-corrected chi connectivity index (χ4v) is 1.20. The molecule has 0 aliphatic heterocycles. The number of hydrogen-bond acceptors (Lipinski definition) is 3. The van der Waals surface area contributed by atoms with E-state index in [-0.39, 0.29) is 0 Å². The van der Waals surface area contributed by atoms with Gasteiger partial charge in [-0.05, 0) is 12.0 Å². The molecule has 14 heavy (non-hydrogen) atoms. The van der Waals surface area contributed by atoms with Crippen molar-refractivity contribution in [2.75, 3.05) is 0 Å². The second-order valence-electron chi connectivity index (χ2n) is 3.43. The van der Waals surface area contributed by atoms with Gasteiger partial charge in [-0.3, -0.25) is 4.57 Å². The zero-order valence-corrected chi connectivity index (χ0v) is 8.25. The maximum absolute atomic E-state index is 4.29. The summed E-state index contributed by atoms with van der Waals surface area (Å²) in [5.41, 5.74) is 1.07. The second-order valence-corrected chi connectivity index (χ2v) is 3.43. The lowest BCUT2D eigenvalue weighted by Gasteiger charge is -1.99. The molecule has 0 unspecified atom stereocenters. The monoisotopic (exact) mass is 188 g/mol. The van der Waals surface area contributed by atoms with Crippen molar-refractivity contribution in [2.45, 2.75) is 19.8 Å². The molecule has 0 bridgehead atoms. The topological polar surface area (TPSA) is 43.6 Å². The standard InChI is InChI=1S/C10H12N4/c1-8(2)9-5-14(7-13-9)10-3-4-11-6-12-10/h3-8H,1-2H3. The quantitative estimate of drug-likeness (QED) is 0.721. The largest absolute Gasteiger partial charge is 0.290 e. The van der Waals surface area contributed by atoms with Crippen molar-refractivity contribution in [3.8, 4) is 5.82 Å². The van der Waals surface area contributed by atoms with Gasteiger partial charge in [-0.25, -0.2) is 15.0 Å². The third-order valence-corrected chi connectivity index (χ3v) is 2.02. The van der Waals surface area contributed by atoms with Crippen LogP contribution in [0.4, 0.5) is 0 Å². The van der Waals surface area contributed by atoms with Crippen LogP contribution in [-0.2, 0) is 0 Å². The van der Waals surface area contributed by atoms with Crippen LogP contribution in [0.2, 0.25) is 0 Å². The summed E-state index contributed by atoms with van der Waals surface area (Å²) in [6.07, 6.45) is 7.02. The lowest BCUT2D eigenvalue weighted by atomic mass is 10.2. The van der Waals surface area contributed by atoms with E-state index < -0.39 is 0 Å². The molecule has 0 atom stereocenters. The van der Waals surface area contributed by atoms with E-state index >= 15 is 0 Å². The summed E-state index contributed by atoms with van der Waals surface area (Å²) in [4.78, 5) is 12.3. The molecule has 4 nitrogen and oxygen atoms in total. The Labute approximate surface area is 82.7 Å². The van der Waals surface area contributed by atoms with E-state index in [0.717, 1.165) is 11.5 Å². The maximum atomic E-state index is 4.29. The van der Waals surface area contributed by atoms with Crippen molar-refractivity contribution in [2.24, 2.45) is 0 Å². The lowest BCUT2D eigenvalue weighted by molar-refractivity contribution is 0.831. The highest BCUT2D eigenvalue weighted by Gasteiger charge is 2.04. The molecule has 0 aromatic carbocycles. The van der Waals surface area contributed by atoms with Gasteiger partial charge in [0, 0.05) is 12.4 Å². The van der Waals surface area contributed by atoms with Crippen molar-refractivity contribution >= 4 is 0 Å². The lowest BCUT2D eigenvalue weighted by Crippen LogP contribution is -1.93. The zero-order valence-electron chi connectivity index (χ0n) is 8.25. The average Bonchev–Trinajstić information content (AvgIpc) is 2.68. The number of imidazole rings is 1. The first-order valence-corrected chi connectivity index (χ1v) is 4.57. The van der Waals surface area contributed by atoms with E-state index in [0.29, 0.717) is 5.92 Å². The zero-order chi connectivity index (χ0) is 9.97. The van der Waals surface area contributed by atoms with Crippen molar-refractivity contribution < 1.29 is 0 Å². The summed E-state index contributed by atoms with van der Waals surface area (Å²) < 4.78 is 1.90. The van der Waals surface area contributed by atoms with E-state index in [1.165, 1.54) is 6.33 Å². The Morgan fingerprint density at radius 3 is 2.71 bits per heavy atom. The molecule has 0 fully saturated rings. The van der Waals surface area contributed by atoms with Gasteiger partial charge in [-0.1, -0.05) is 13.8 Å². The Morgan fingerprint density at radius 2 is 2.14 bits per heavy atom. The number of rotatable bonds is 2. The predicted octanol–water partition coefficient (Wildman–Crippen LogP) is 1.79. The Balaban J connectivity index is 2.34. The molecule has 2 rings (SSSR count). The summed E-state index contributed by atoms with van der Waals surface area (Å²) >= 11 is 0. The van der Waals surface area contributed by atoms with Gasteiger partial charge in [-0.2, -0.15) is 0 Å². The summed E-state index contributed by atoms with van der Waals surface area (Å²) in [5, 5.41) is 0. The highest BCUT2D eigenvalue weighted by molar-refractivity contribution is 5.21. The van der Waals surface area contributed by atoms with Crippen molar-refractivity contribution in [1.82, 2.24) is 19.5 Å². The van der Waals surface area contributed by atoms with Crippen LogP contribution in [0.25, 0.3) is 5.82 Å². The van der Waals surface area contributed by atoms with Crippen LogP contribution in [-0.4, -0.2) is 19.5 Å².